The second kappa shape index (κ2) is 13.3. The minimum absolute atomic E-state index is 0.0212. The van der Waals surface area contributed by atoms with Gasteiger partial charge in [-0.15, -0.1) is 0 Å². The van der Waals surface area contributed by atoms with Crippen LogP contribution in [0.1, 0.15) is 38.2 Å². The van der Waals surface area contributed by atoms with Crippen molar-refractivity contribution in [2.75, 3.05) is 44.8 Å². The monoisotopic (exact) mass is 593 g/mol. The van der Waals surface area contributed by atoms with Crippen LogP contribution < -0.4 is 20.1 Å². The fourth-order valence-electron chi connectivity index (χ4n) is 7.52. The third-order valence-electron chi connectivity index (χ3n) is 9.91. The molecule has 2 aromatic rings. The topological polar surface area (TPSA) is 91.3 Å². The number of carbonyl (C=O) groups is 2. The molecule has 2 aromatic carbocycles. The number of nitrogens with zero attached hydrogens (tertiary/aromatic N) is 2. The summed E-state index contributed by atoms with van der Waals surface area (Å²) in [5, 5.41) is 14.3. The first-order valence-electron chi connectivity index (χ1n) is 15.5. The predicted molar refractivity (Wildman–Crippen MR) is 168 cm³/mol. The van der Waals surface area contributed by atoms with Crippen LogP contribution in [0.3, 0.4) is 0 Å². The lowest BCUT2D eigenvalue weighted by molar-refractivity contribution is -0.135. The molecule has 3 fully saturated rings. The van der Waals surface area contributed by atoms with E-state index in [1.807, 2.05) is 21.9 Å². The normalized spacial score (nSPS) is 26.6. The average molecular weight is 594 g/mol. The van der Waals surface area contributed by atoms with Gasteiger partial charge < -0.3 is 29.7 Å². The molecule has 3 heterocycles. The summed E-state index contributed by atoms with van der Waals surface area (Å²) in [5.41, 5.74) is 2.45. The second-order valence-electron chi connectivity index (χ2n) is 12.7. The van der Waals surface area contributed by atoms with E-state index in [0.717, 1.165) is 50.2 Å². The number of piperazine rings is 1. The maximum absolute atomic E-state index is 13.5. The second-order valence-corrected chi connectivity index (χ2v) is 17.4. The molecule has 5 rings (SSSR count). The Morgan fingerprint density at radius 3 is 2.50 bits per heavy atom. The summed E-state index contributed by atoms with van der Waals surface area (Å²) in [6.45, 7) is 9.75. The summed E-state index contributed by atoms with van der Waals surface area (Å²) in [6, 6.07) is 16.7. The van der Waals surface area contributed by atoms with Crippen LogP contribution in [0.15, 0.2) is 48.5 Å². The molecule has 2 amide bonds. The van der Waals surface area contributed by atoms with E-state index in [2.05, 4.69) is 61.7 Å². The third kappa shape index (κ3) is 6.44. The standard InChI is InChI=1S/C33H47N3O5Si/c1-23-29(16-9-24-7-10-25(11-8-24)36-19-17-34-21-32(36)39)41-30(20-31(38)35-18-5-6-26(35)22-37)33(23)42(3,4)28-14-12-27(40-2)13-15-28/h7-8,10-15,23,26,29-30,33-34,37H,5-6,9,16-22H2,1-4H3/t23-,26-,29+,30-,33+/m0/s1. The van der Waals surface area contributed by atoms with E-state index in [1.54, 1.807) is 7.11 Å². The summed E-state index contributed by atoms with van der Waals surface area (Å²) in [4.78, 5) is 29.6. The number of likely N-dealkylation sites (tertiary alicyclic amines) is 1. The summed E-state index contributed by atoms with van der Waals surface area (Å²) < 4.78 is 12.2. The Hall–Kier alpha value is -2.72. The van der Waals surface area contributed by atoms with Gasteiger partial charge in [-0.3, -0.25) is 9.59 Å². The summed E-state index contributed by atoms with van der Waals surface area (Å²) >= 11 is 0. The van der Waals surface area contributed by atoms with Crippen molar-refractivity contribution in [2.24, 2.45) is 5.92 Å². The van der Waals surface area contributed by atoms with E-state index in [4.69, 9.17) is 9.47 Å². The lowest BCUT2D eigenvalue weighted by Crippen LogP contribution is -2.51. The first kappa shape index (κ1) is 30.7. The van der Waals surface area contributed by atoms with Crippen molar-refractivity contribution < 1.29 is 24.2 Å². The Kier molecular flexibility index (Phi) is 9.72. The minimum Gasteiger partial charge on any atom is -0.497 e. The van der Waals surface area contributed by atoms with Crippen LogP contribution in [-0.4, -0.2) is 88.0 Å². The molecule has 3 saturated heterocycles. The lowest BCUT2D eigenvalue weighted by atomic mass is 9.95. The zero-order chi connectivity index (χ0) is 29.9. The Balaban J connectivity index is 1.31. The molecule has 42 heavy (non-hydrogen) atoms. The first-order chi connectivity index (χ1) is 20.2. The Bertz CT molecular complexity index is 1220. The van der Waals surface area contributed by atoms with Crippen molar-refractivity contribution in [1.82, 2.24) is 10.2 Å². The molecule has 0 unspecified atom stereocenters. The predicted octanol–water partition coefficient (Wildman–Crippen LogP) is 3.33. The Labute approximate surface area is 251 Å². The average Bonchev–Trinajstić information content (AvgIpc) is 3.61. The fourth-order valence-corrected chi connectivity index (χ4v) is 11.6. The van der Waals surface area contributed by atoms with Crippen molar-refractivity contribution in [3.8, 4) is 5.75 Å². The van der Waals surface area contributed by atoms with Crippen LogP contribution in [0.5, 0.6) is 5.75 Å². The quantitative estimate of drug-likeness (QED) is 0.411. The maximum atomic E-state index is 13.5. The maximum Gasteiger partial charge on any atom is 0.240 e. The molecule has 0 aliphatic carbocycles. The van der Waals surface area contributed by atoms with Crippen molar-refractivity contribution >= 4 is 30.8 Å². The Morgan fingerprint density at radius 2 is 1.83 bits per heavy atom. The van der Waals surface area contributed by atoms with Crippen LogP contribution in [0.2, 0.25) is 18.6 Å². The van der Waals surface area contributed by atoms with Gasteiger partial charge in [0.2, 0.25) is 11.8 Å². The molecule has 0 saturated carbocycles. The number of hydrogen-bond acceptors (Lipinski definition) is 6. The first-order valence-corrected chi connectivity index (χ1v) is 18.6. The molecule has 0 aromatic heterocycles. The summed E-state index contributed by atoms with van der Waals surface area (Å²) in [6.07, 6.45) is 3.83. The molecule has 228 valence electrons. The lowest BCUT2D eigenvalue weighted by Gasteiger charge is -2.36. The highest BCUT2D eigenvalue weighted by Gasteiger charge is 2.51. The van der Waals surface area contributed by atoms with Gasteiger partial charge in [0, 0.05) is 25.3 Å². The van der Waals surface area contributed by atoms with Crippen LogP contribution in [-0.2, 0) is 20.7 Å². The molecular weight excluding hydrogens is 546 g/mol. The fraction of sp³-hybridized carbons (Fsp3) is 0.576. The van der Waals surface area contributed by atoms with Gasteiger partial charge in [0.25, 0.3) is 0 Å². The number of methoxy groups -OCH3 is 1. The molecule has 0 spiro atoms. The zero-order valence-corrected chi connectivity index (χ0v) is 26.6. The number of anilines is 1. The molecule has 9 heteroatoms. The molecule has 8 nitrogen and oxygen atoms in total. The zero-order valence-electron chi connectivity index (χ0n) is 25.6. The highest BCUT2D eigenvalue weighted by atomic mass is 28.3. The minimum atomic E-state index is -2.07. The van der Waals surface area contributed by atoms with Gasteiger partial charge in [-0.05, 0) is 67.0 Å². The number of amides is 2. The summed E-state index contributed by atoms with van der Waals surface area (Å²) in [5.74, 6) is 1.36. The number of carbonyl (C=O) groups excluding carboxylic acids is 2. The molecule has 2 N–H and O–H groups in total. The molecular formula is C33H47N3O5Si. The van der Waals surface area contributed by atoms with E-state index >= 15 is 0 Å². The molecule has 0 bridgehead atoms. The van der Waals surface area contributed by atoms with Gasteiger partial charge in [-0.25, -0.2) is 0 Å². The van der Waals surface area contributed by atoms with Crippen LogP contribution in [0, 0.1) is 5.92 Å². The van der Waals surface area contributed by atoms with Crippen molar-refractivity contribution in [2.45, 2.75) is 75.9 Å². The van der Waals surface area contributed by atoms with Crippen molar-refractivity contribution in [3.05, 3.63) is 54.1 Å². The SMILES string of the molecule is COc1ccc([Si](C)(C)[C@@H]2[C@@H](C)[C@@H](CCc3ccc(N4CCNCC4=O)cc3)O[C@H]2CC(=O)N2CCC[C@H]2CO)cc1. The number of aliphatic hydroxyl groups excluding tert-OH is 1. The van der Waals surface area contributed by atoms with Crippen LogP contribution >= 0.6 is 0 Å². The van der Waals surface area contributed by atoms with E-state index < -0.39 is 8.07 Å². The van der Waals surface area contributed by atoms with Crippen LogP contribution in [0.25, 0.3) is 0 Å². The molecule has 0 radical (unpaired) electrons. The van der Waals surface area contributed by atoms with E-state index in [9.17, 15) is 14.7 Å². The van der Waals surface area contributed by atoms with Gasteiger partial charge in [0.15, 0.2) is 0 Å². The number of aliphatic hydroxyl groups is 1. The van der Waals surface area contributed by atoms with E-state index in [0.29, 0.717) is 25.4 Å². The third-order valence-corrected chi connectivity index (χ3v) is 14.3. The molecule has 5 atom stereocenters. The number of hydrogen-bond donors (Lipinski definition) is 2. The molecule has 3 aliphatic rings. The number of rotatable bonds is 10. The smallest absolute Gasteiger partial charge is 0.240 e. The van der Waals surface area contributed by atoms with E-state index in [1.165, 1.54) is 10.8 Å². The van der Waals surface area contributed by atoms with Crippen molar-refractivity contribution in [3.63, 3.8) is 0 Å². The van der Waals surface area contributed by atoms with E-state index in [-0.39, 0.29) is 42.2 Å². The number of aryl methyl sites for hydroxylation is 1. The van der Waals surface area contributed by atoms with Crippen molar-refractivity contribution in [1.29, 1.82) is 0 Å². The van der Waals surface area contributed by atoms with Gasteiger partial charge in [0.05, 0.1) is 53.0 Å². The van der Waals surface area contributed by atoms with Gasteiger partial charge in [-0.2, -0.15) is 0 Å². The molecule has 3 aliphatic heterocycles. The highest BCUT2D eigenvalue weighted by molar-refractivity contribution is 6.91. The number of nitrogens with one attached hydrogen (secondary N) is 1. The summed E-state index contributed by atoms with van der Waals surface area (Å²) in [7, 11) is -0.379. The van der Waals surface area contributed by atoms with Crippen LogP contribution in [0.4, 0.5) is 5.69 Å². The van der Waals surface area contributed by atoms with Gasteiger partial charge in [0.1, 0.15) is 5.75 Å². The number of benzene rings is 2. The van der Waals surface area contributed by atoms with Gasteiger partial charge >= 0.3 is 0 Å². The highest BCUT2D eigenvalue weighted by Crippen LogP contribution is 2.46. The van der Waals surface area contributed by atoms with Gasteiger partial charge in [-0.1, -0.05) is 49.5 Å². The largest absolute Gasteiger partial charge is 0.497 e. The number of ether oxygens (including phenoxy) is 2. The Morgan fingerprint density at radius 1 is 1.10 bits per heavy atom.